The monoisotopic (exact) mass is 382 g/mol. The molecule has 30 heavy (non-hydrogen) atoms. The van der Waals surface area contributed by atoms with Gasteiger partial charge in [0.1, 0.15) is 0 Å². The molecule has 4 aromatic carbocycles. The number of benzene rings is 4. The van der Waals surface area contributed by atoms with Crippen LogP contribution in [0.3, 0.4) is 0 Å². The van der Waals surface area contributed by atoms with Crippen LogP contribution < -0.4 is 18.9 Å². The Kier molecular flexibility index (Phi) is 8.21. The smallest absolute Gasteiger partial charge is 0.152 e. The van der Waals surface area contributed by atoms with Crippen LogP contribution in [0.5, 0.6) is 0 Å². The van der Waals surface area contributed by atoms with E-state index in [-0.39, 0.29) is 18.9 Å². The maximum atomic E-state index is 2.29. The van der Waals surface area contributed by atoms with Crippen molar-refractivity contribution in [1.82, 2.24) is 0 Å². The molecule has 0 saturated heterocycles. The molecule has 0 nitrogen and oxygen atoms in total. The van der Waals surface area contributed by atoms with Gasteiger partial charge in [-0.15, -0.1) is 0 Å². The first-order valence-corrected chi connectivity index (χ1v) is 10.7. The Morgan fingerprint density at radius 2 is 0.533 bits per heavy atom. The van der Waals surface area contributed by atoms with Crippen LogP contribution in [-0.4, -0.2) is 6.15 Å². The maximum Gasteiger partial charge on any atom is 1.00 e. The molecule has 0 radical (unpaired) electrons. The summed E-state index contributed by atoms with van der Waals surface area (Å²) in [6.07, 6.45) is 3.77. The van der Waals surface area contributed by atoms with Gasteiger partial charge in [-0.05, 0) is 0 Å². The molecule has 0 amide bonds. The van der Waals surface area contributed by atoms with Crippen molar-refractivity contribution < 1.29 is 18.9 Å². The molecule has 0 heterocycles. The van der Waals surface area contributed by atoms with Gasteiger partial charge in [-0.2, -0.15) is 25.3 Å². The van der Waals surface area contributed by atoms with E-state index in [0.29, 0.717) is 0 Å². The SMILES string of the molecule is [Li+].c1ccc(C[B-](Cc2ccccc2)(Cc2ccccc2)Cc2ccccc2)cc1. The first kappa shape index (κ1) is 22.2. The van der Waals surface area contributed by atoms with Crippen molar-refractivity contribution in [2.45, 2.75) is 25.3 Å². The second kappa shape index (κ2) is 11.1. The predicted octanol–water partition coefficient (Wildman–Crippen LogP) is 3.57. The fraction of sp³-hybridized carbons (Fsp3) is 0.143. The van der Waals surface area contributed by atoms with Gasteiger partial charge in [0.15, 0.2) is 0 Å². The minimum Gasteiger partial charge on any atom is -0.152 e. The molecular formula is C28H28BLi. The van der Waals surface area contributed by atoms with E-state index >= 15 is 0 Å². The summed E-state index contributed by atoms with van der Waals surface area (Å²) in [7, 11) is 0. The van der Waals surface area contributed by atoms with Gasteiger partial charge in [0.2, 0.25) is 0 Å². The van der Waals surface area contributed by atoms with Crippen LogP contribution in [-0.2, 0) is 25.3 Å². The molecule has 4 rings (SSSR count). The summed E-state index contributed by atoms with van der Waals surface area (Å²) in [5, 5.41) is 0. The molecule has 4 aromatic rings. The molecule has 0 unspecified atom stereocenters. The normalized spacial score (nSPS) is 10.9. The van der Waals surface area contributed by atoms with Crippen LogP contribution in [0.25, 0.3) is 0 Å². The molecule has 0 aliphatic rings. The molecule has 0 aliphatic carbocycles. The molecule has 2 heteroatoms. The second-order valence-electron chi connectivity index (χ2n) is 8.49. The van der Waals surface area contributed by atoms with Crippen molar-refractivity contribution in [3.8, 4) is 0 Å². The summed E-state index contributed by atoms with van der Waals surface area (Å²) in [5.74, 6) is 0. The first-order chi connectivity index (χ1) is 14.3. The maximum absolute atomic E-state index is 2.29. The van der Waals surface area contributed by atoms with E-state index in [4.69, 9.17) is 0 Å². The van der Waals surface area contributed by atoms with E-state index < -0.39 is 6.15 Å². The predicted molar refractivity (Wildman–Crippen MR) is 126 cm³/mol. The summed E-state index contributed by atoms with van der Waals surface area (Å²) >= 11 is 0. The van der Waals surface area contributed by atoms with Crippen molar-refractivity contribution in [2.75, 3.05) is 0 Å². The summed E-state index contributed by atoms with van der Waals surface area (Å²) in [6.45, 7) is 0. The minimum atomic E-state index is -0.727. The van der Waals surface area contributed by atoms with E-state index in [2.05, 4.69) is 121 Å². The Morgan fingerprint density at radius 3 is 0.733 bits per heavy atom. The fourth-order valence-corrected chi connectivity index (χ4v) is 4.89. The van der Waals surface area contributed by atoms with Gasteiger partial charge in [0.05, 0.1) is 0 Å². The molecule has 0 aliphatic heterocycles. The molecule has 0 saturated carbocycles. The molecule has 0 aromatic heterocycles. The average Bonchev–Trinajstić information content (AvgIpc) is 2.76. The number of rotatable bonds is 8. The zero-order valence-corrected chi connectivity index (χ0v) is 18.0. The van der Waals surface area contributed by atoms with Gasteiger partial charge >= 0.3 is 18.9 Å². The van der Waals surface area contributed by atoms with E-state index in [1.165, 1.54) is 22.3 Å². The van der Waals surface area contributed by atoms with Gasteiger partial charge in [-0.25, -0.2) is 0 Å². The first-order valence-electron chi connectivity index (χ1n) is 10.7. The Bertz CT molecular complexity index is 814. The van der Waals surface area contributed by atoms with Crippen LogP contribution >= 0.6 is 0 Å². The van der Waals surface area contributed by atoms with Crippen molar-refractivity contribution in [1.29, 1.82) is 0 Å². The van der Waals surface area contributed by atoms with E-state index in [0.717, 1.165) is 25.3 Å². The quantitative estimate of drug-likeness (QED) is 0.409. The largest absolute Gasteiger partial charge is 1.00 e. The van der Waals surface area contributed by atoms with Gasteiger partial charge in [0, 0.05) is 6.15 Å². The van der Waals surface area contributed by atoms with E-state index in [1.807, 2.05) is 0 Å². The third-order valence-electron chi connectivity index (χ3n) is 6.05. The Hall–Kier alpha value is -2.46. The standard InChI is InChI=1S/C28H28B.Li/c1-5-13-25(14-6-1)21-29(22-26-15-7-2-8-16-26,23-27-17-9-3-10-18-27)24-28-19-11-4-12-20-28;/h1-20H,21-24H2;/q-1;+1. The minimum absolute atomic E-state index is 0. The number of hydrogen-bond donors (Lipinski definition) is 0. The summed E-state index contributed by atoms with van der Waals surface area (Å²) in [5.41, 5.74) is 5.76. The van der Waals surface area contributed by atoms with Gasteiger partial charge in [0.25, 0.3) is 0 Å². The average molecular weight is 382 g/mol. The zero-order chi connectivity index (χ0) is 19.8. The topological polar surface area (TPSA) is 0 Å². The van der Waals surface area contributed by atoms with Crippen molar-refractivity contribution >= 4 is 6.15 Å². The van der Waals surface area contributed by atoms with Crippen molar-refractivity contribution in [3.05, 3.63) is 144 Å². The zero-order valence-electron chi connectivity index (χ0n) is 18.0. The Morgan fingerprint density at radius 1 is 0.333 bits per heavy atom. The Labute approximate surface area is 193 Å². The molecule has 0 bridgehead atoms. The van der Waals surface area contributed by atoms with E-state index in [1.54, 1.807) is 0 Å². The second-order valence-corrected chi connectivity index (χ2v) is 8.49. The third kappa shape index (κ3) is 6.27. The van der Waals surface area contributed by atoms with Crippen molar-refractivity contribution in [2.24, 2.45) is 0 Å². The van der Waals surface area contributed by atoms with Gasteiger partial charge in [-0.3, -0.25) is 0 Å². The van der Waals surface area contributed by atoms with Crippen molar-refractivity contribution in [3.63, 3.8) is 0 Å². The Balaban J connectivity index is 0.00000256. The van der Waals surface area contributed by atoms with Crippen LogP contribution in [0.4, 0.5) is 0 Å². The van der Waals surface area contributed by atoms with Crippen LogP contribution in [0.1, 0.15) is 22.3 Å². The summed E-state index contributed by atoms with van der Waals surface area (Å²) < 4.78 is 0. The fourth-order valence-electron chi connectivity index (χ4n) is 4.89. The molecule has 0 atom stereocenters. The van der Waals surface area contributed by atoms with Crippen LogP contribution in [0.15, 0.2) is 121 Å². The molecule has 0 N–H and O–H groups in total. The van der Waals surface area contributed by atoms with E-state index in [9.17, 15) is 0 Å². The number of hydrogen-bond acceptors (Lipinski definition) is 0. The summed E-state index contributed by atoms with van der Waals surface area (Å²) in [6, 6.07) is 44.1. The third-order valence-corrected chi connectivity index (χ3v) is 6.05. The van der Waals surface area contributed by atoms with Crippen LogP contribution in [0, 0.1) is 0 Å². The van der Waals surface area contributed by atoms with Gasteiger partial charge in [-0.1, -0.05) is 144 Å². The summed E-state index contributed by atoms with van der Waals surface area (Å²) in [4.78, 5) is 0. The molecular weight excluding hydrogens is 354 g/mol. The molecule has 0 spiro atoms. The van der Waals surface area contributed by atoms with Crippen LogP contribution in [0.2, 0.25) is 0 Å². The molecule has 144 valence electrons. The van der Waals surface area contributed by atoms with Gasteiger partial charge < -0.3 is 0 Å². The molecule has 0 fully saturated rings.